The van der Waals surface area contributed by atoms with Gasteiger partial charge < -0.3 is 24.8 Å². The molecule has 0 radical (unpaired) electrons. The van der Waals surface area contributed by atoms with E-state index in [0.717, 1.165) is 0 Å². The van der Waals surface area contributed by atoms with Crippen molar-refractivity contribution in [1.29, 1.82) is 0 Å². The maximum atomic E-state index is 12.2. The molecule has 2 aromatic rings. The number of carbonyl (C=O) groups is 3. The Morgan fingerprint density at radius 2 is 1.45 bits per heavy atom. The lowest BCUT2D eigenvalue weighted by molar-refractivity contribution is -0.127. The van der Waals surface area contributed by atoms with E-state index in [1.807, 2.05) is 24.3 Å². The lowest BCUT2D eigenvalue weighted by Crippen LogP contribution is -2.37. The van der Waals surface area contributed by atoms with E-state index in [9.17, 15) is 14.4 Å². The monoisotopic (exact) mass is 456 g/mol. The first kappa shape index (κ1) is 25.7. The Labute approximate surface area is 194 Å². The van der Waals surface area contributed by atoms with Gasteiger partial charge in [0.05, 0.1) is 6.61 Å². The second kappa shape index (κ2) is 13.1. The largest absolute Gasteiger partial charge is 0.513 e. The topological polar surface area (TPSA) is 103 Å². The minimum absolute atomic E-state index is 0.216. The van der Waals surface area contributed by atoms with Crippen LogP contribution in [0.1, 0.15) is 56.0 Å². The van der Waals surface area contributed by atoms with Crippen LogP contribution in [0.3, 0.4) is 0 Å². The van der Waals surface area contributed by atoms with Gasteiger partial charge in [0.25, 0.3) is 11.8 Å². The van der Waals surface area contributed by atoms with Gasteiger partial charge in [-0.15, -0.1) is 0 Å². The highest BCUT2D eigenvalue weighted by Crippen LogP contribution is 2.19. The minimum Gasteiger partial charge on any atom is -0.481 e. The van der Waals surface area contributed by atoms with Crippen molar-refractivity contribution in [2.75, 3.05) is 19.7 Å². The summed E-state index contributed by atoms with van der Waals surface area (Å²) >= 11 is 0. The molecule has 2 amide bonds. The van der Waals surface area contributed by atoms with E-state index in [1.165, 1.54) is 17.7 Å². The number of nitrogens with one attached hydrogen (secondary N) is 2. The number of rotatable bonds is 11. The van der Waals surface area contributed by atoms with Crippen molar-refractivity contribution in [3.8, 4) is 11.5 Å². The van der Waals surface area contributed by atoms with Crippen molar-refractivity contribution >= 4 is 18.0 Å². The molecule has 2 N–H and O–H groups in total. The zero-order chi connectivity index (χ0) is 24.2. The molecule has 0 aromatic heterocycles. The van der Waals surface area contributed by atoms with Crippen molar-refractivity contribution in [2.45, 2.75) is 46.1 Å². The molecule has 2 aromatic carbocycles. The van der Waals surface area contributed by atoms with Gasteiger partial charge in [-0.05, 0) is 68.1 Å². The van der Waals surface area contributed by atoms with E-state index in [4.69, 9.17) is 14.2 Å². The lowest BCUT2D eigenvalue weighted by atomic mass is 10.0. The third-order valence-corrected chi connectivity index (χ3v) is 4.75. The molecule has 0 aliphatic carbocycles. The van der Waals surface area contributed by atoms with Crippen LogP contribution >= 0.6 is 0 Å². The average molecular weight is 457 g/mol. The molecule has 1 atom stereocenters. The maximum Gasteiger partial charge on any atom is 0.513 e. The zero-order valence-corrected chi connectivity index (χ0v) is 19.6. The van der Waals surface area contributed by atoms with E-state index in [2.05, 4.69) is 24.5 Å². The fourth-order valence-electron chi connectivity index (χ4n) is 2.85. The first-order valence-corrected chi connectivity index (χ1v) is 11.1. The Hall–Kier alpha value is -3.55. The van der Waals surface area contributed by atoms with Crippen molar-refractivity contribution in [3.05, 3.63) is 59.7 Å². The summed E-state index contributed by atoms with van der Waals surface area (Å²) in [5.74, 6) is 0.898. The van der Waals surface area contributed by atoms with Crippen LogP contribution in [0.25, 0.3) is 0 Å². The standard InChI is InChI=1S/C25H32N2O6/c1-5-31-25(30)33-22-13-9-20(10-14-22)24(29)27-16-6-15-26-23(28)18(4)32-21-11-7-19(8-12-21)17(2)3/h7-14,17-18H,5-6,15-16H2,1-4H3,(H,26,28)(H,27,29). The smallest absolute Gasteiger partial charge is 0.481 e. The third kappa shape index (κ3) is 8.84. The van der Waals surface area contributed by atoms with Gasteiger partial charge in [-0.1, -0.05) is 26.0 Å². The predicted molar refractivity (Wildman–Crippen MR) is 125 cm³/mol. The number of hydrogen-bond acceptors (Lipinski definition) is 6. The molecule has 0 aliphatic rings. The molecule has 0 saturated heterocycles. The summed E-state index contributed by atoms with van der Waals surface area (Å²) in [5.41, 5.74) is 1.64. The van der Waals surface area contributed by atoms with E-state index in [1.54, 1.807) is 26.0 Å². The van der Waals surface area contributed by atoms with Crippen molar-refractivity contribution in [1.82, 2.24) is 10.6 Å². The quantitative estimate of drug-likeness (QED) is 0.300. The van der Waals surface area contributed by atoms with Crippen LogP contribution in [-0.4, -0.2) is 43.8 Å². The van der Waals surface area contributed by atoms with Crippen molar-refractivity contribution in [2.24, 2.45) is 0 Å². The number of ether oxygens (including phenoxy) is 3. The molecule has 33 heavy (non-hydrogen) atoms. The Kier molecular flexibility index (Phi) is 10.2. The van der Waals surface area contributed by atoms with Crippen LogP contribution in [0.4, 0.5) is 4.79 Å². The van der Waals surface area contributed by atoms with Crippen molar-refractivity contribution in [3.63, 3.8) is 0 Å². The van der Waals surface area contributed by atoms with Gasteiger partial charge in [0.1, 0.15) is 11.5 Å². The summed E-state index contributed by atoms with van der Waals surface area (Å²) in [6.45, 7) is 8.64. The first-order valence-electron chi connectivity index (χ1n) is 11.1. The minimum atomic E-state index is -0.791. The van der Waals surface area contributed by atoms with Crippen LogP contribution in [0, 0.1) is 0 Å². The summed E-state index contributed by atoms with van der Waals surface area (Å²) in [6, 6.07) is 13.9. The zero-order valence-electron chi connectivity index (χ0n) is 19.6. The normalized spacial score (nSPS) is 11.4. The van der Waals surface area contributed by atoms with Crippen LogP contribution < -0.4 is 20.1 Å². The van der Waals surface area contributed by atoms with Gasteiger partial charge >= 0.3 is 6.16 Å². The number of hydrogen-bond donors (Lipinski definition) is 2. The molecule has 8 heteroatoms. The molecule has 0 aliphatic heterocycles. The van der Waals surface area contributed by atoms with Crippen molar-refractivity contribution < 1.29 is 28.6 Å². The summed E-state index contributed by atoms with van der Waals surface area (Å²) in [5, 5.41) is 5.59. The molecule has 1 unspecified atom stereocenters. The number of amides is 2. The highest BCUT2D eigenvalue weighted by molar-refractivity contribution is 5.94. The van der Waals surface area contributed by atoms with E-state index in [-0.39, 0.29) is 18.4 Å². The first-order chi connectivity index (χ1) is 15.8. The second-order valence-electron chi connectivity index (χ2n) is 7.69. The predicted octanol–water partition coefficient (Wildman–Crippen LogP) is 4.05. The summed E-state index contributed by atoms with van der Waals surface area (Å²) < 4.78 is 15.3. The number of carbonyl (C=O) groups excluding carboxylic acids is 3. The van der Waals surface area contributed by atoms with Crippen LogP contribution in [0.5, 0.6) is 11.5 Å². The molecule has 0 heterocycles. The van der Waals surface area contributed by atoms with Gasteiger partial charge in [-0.2, -0.15) is 0 Å². The Balaban J connectivity index is 1.66. The fraction of sp³-hybridized carbons (Fsp3) is 0.400. The van der Waals surface area contributed by atoms with Crippen LogP contribution in [0.2, 0.25) is 0 Å². The highest BCUT2D eigenvalue weighted by Gasteiger charge is 2.14. The third-order valence-electron chi connectivity index (χ3n) is 4.75. The summed E-state index contributed by atoms with van der Waals surface area (Å²) in [7, 11) is 0. The molecule has 0 fully saturated rings. The average Bonchev–Trinajstić information content (AvgIpc) is 2.79. The highest BCUT2D eigenvalue weighted by atomic mass is 16.7. The second-order valence-corrected chi connectivity index (χ2v) is 7.69. The fourth-order valence-corrected chi connectivity index (χ4v) is 2.85. The van der Waals surface area contributed by atoms with Crippen LogP contribution in [-0.2, 0) is 9.53 Å². The molecule has 0 saturated carbocycles. The van der Waals surface area contributed by atoms with Gasteiger partial charge in [0, 0.05) is 18.7 Å². The van der Waals surface area contributed by atoms with Gasteiger partial charge in [-0.25, -0.2) is 4.79 Å². The Morgan fingerprint density at radius 3 is 2.06 bits per heavy atom. The maximum absolute atomic E-state index is 12.2. The van der Waals surface area contributed by atoms with Gasteiger partial charge in [0.2, 0.25) is 0 Å². The number of benzene rings is 2. The molecule has 0 bridgehead atoms. The molecule has 2 rings (SSSR count). The van der Waals surface area contributed by atoms with E-state index < -0.39 is 12.3 Å². The molecule has 0 spiro atoms. The van der Waals surface area contributed by atoms with Gasteiger partial charge in [0.15, 0.2) is 6.10 Å². The SMILES string of the molecule is CCOC(=O)Oc1ccc(C(=O)NCCCNC(=O)C(C)Oc2ccc(C(C)C)cc2)cc1. The lowest BCUT2D eigenvalue weighted by Gasteiger charge is -2.15. The van der Waals surface area contributed by atoms with Gasteiger partial charge in [-0.3, -0.25) is 9.59 Å². The summed E-state index contributed by atoms with van der Waals surface area (Å²) in [6.07, 6.45) is -0.850. The molecule has 178 valence electrons. The van der Waals surface area contributed by atoms with E-state index in [0.29, 0.717) is 42.5 Å². The summed E-state index contributed by atoms with van der Waals surface area (Å²) in [4.78, 5) is 35.7. The Bertz CT molecular complexity index is 909. The Morgan fingerprint density at radius 1 is 0.848 bits per heavy atom. The molecular formula is C25H32N2O6. The van der Waals surface area contributed by atoms with Crippen LogP contribution in [0.15, 0.2) is 48.5 Å². The van der Waals surface area contributed by atoms with E-state index >= 15 is 0 Å². The molecular weight excluding hydrogens is 424 g/mol. The molecule has 8 nitrogen and oxygen atoms in total.